The number of carbonyl (C=O) groups excluding carboxylic acids is 1. The van der Waals surface area contributed by atoms with Gasteiger partial charge in [0.1, 0.15) is 6.61 Å². The second-order valence-electron chi connectivity index (χ2n) is 4.68. The van der Waals surface area contributed by atoms with Crippen LogP contribution in [0.15, 0.2) is 42.5 Å². The van der Waals surface area contributed by atoms with Gasteiger partial charge in [-0.25, -0.2) is 4.79 Å². The van der Waals surface area contributed by atoms with Crippen molar-refractivity contribution in [2.45, 2.75) is 31.2 Å². The molecule has 2 rings (SSSR count). The highest BCUT2D eigenvalue weighted by molar-refractivity contribution is 5.68. The van der Waals surface area contributed by atoms with Crippen LogP contribution in [-0.4, -0.2) is 24.2 Å². The highest BCUT2D eigenvalue weighted by Crippen LogP contribution is 2.09. The van der Waals surface area contributed by atoms with Crippen molar-refractivity contribution in [3.05, 3.63) is 48.0 Å². The molecule has 102 valence electrons. The summed E-state index contributed by atoms with van der Waals surface area (Å²) in [7, 11) is 0. The van der Waals surface area contributed by atoms with Crippen LogP contribution in [-0.2, 0) is 11.3 Å². The van der Waals surface area contributed by atoms with E-state index in [0.29, 0.717) is 6.42 Å². The van der Waals surface area contributed by atoms with Crippen LogP contribution in [0.5, 0.6) is 0 Å². The fourth-order valence-electron chi connectivity index (χ4n) is 2.00. The molecule has 0 aromatic heterocycles. The fourth-order valence-corrected chi connectivity index (χ4v) is 2.00. The van der Waals surface area contributed by atoms with Gasteiger partial charge in [0.05, 0.1) is 6.04 Å². The van der Waals surface area contributed by atoms with Crippen LogP contribution >= 0.6 is 0 Å². The van der Waals surface area contributed by atoms with Crippen LogP contribution < -0.4 is 16.8 Å². The first-order valence-corrected chi connectivity index (χ1v) is 6.32. The van der Waals surface area contributed by atoms with Gasteiger partial charge in [0.15, 0.2) is 0 Å². The molecule has 0 aliphatic heterocycles. The SMILES string of the molecule is N[C@@H]1C=C[C@@H](NC(=O)OCc2ccccc2)[C@H](N)C1. The van der Waals surface area contributed by atoms with Crippen LogP contribution in [0.3, 0.4) is 0 Å². The van der Waals surface area contributed by atoms with Crippen molar-refractivity contribution >= 4 is 6.09 Å². The first-order chi connectivity index (χ1) is 9.15. The number of ether oxygens (including phenoxy) is 1. The maximum Gasteiger partial charge on any atom is 0.407 e. The van der Waals surface area contributed by atoms with E-state index in [4.69, 9.17) is 16.2 Å². The van der Waals surface area contributed by atoms with E-state index < -0.39 is 6.09 Å². The molecule has 1 aromatic carbocycles. The van der Waals surface area contributed by atoms with Crippen LogP contribution in [0.4, 0.5) is 4.79 Å². The minimum Gasteiger partial charge on any atom is -0.445 e. The van der Waals surface area contributed by atoms with Crippen molar-refractivity contribution in [2.75, 3.05) is 0 Å². The predicted molar refractivity (Wildman–Crippen MR) is 73.3 cm³/mol. The number of hydrogen-bond donors (Lipinski definition) is 3. The zero-order valence-corrected chi connectivity index (χ0v) is 10.7. The number of rotatable bonds is 3. The van der Waals surface area contributed by atoms with Crippen LogP contribution in [0, 0.1) is 0 Å². The molecule has 1 amide bonds. The van der Waals surface area contributed by atoms with Crippen molar-refractivity contribution in [3.8, 4) is 0 Å². The van der Waals surface area contributed by atoms with Gasteiger partial charge in [0.25, 0.3) is 0 Å². The Kier molecular flexibility index (Phi) is 4.54. The van der Waals surface area contributed by atoms with Gasteiger partial charge in [0.2, 0.25) is 0 Å². The minimum absolute atomic E-state index is 0.0339. The topological polar surface area (TPSA) is 90.4 Å². The van der Waals surface area contributed by atoms with E-state index in [2.05, 4.69) is 5.32 Å². The number of alkyl carbamates (subject to hydrolysis) is 1. The average molecular weight is 261 g/mol. The van der Waals surface area contributed by atoms with Crippen molar-refractivity contribution in [1.29, 1.82) is 0 Å². The summed E-state index contributed by atoms with van der Waals surface area (Å²) in [6, 6.07) is 9.09. The number of nitrogens with two attached hydrogens (primary N) is 2. The van der Waals surface area contributed by atoms with E-state index in [1.165, 1.54) is 0 Å². The second kappa shape index (κ2) is 6.36. The molecule has 5 nitrogen and oxygen atoms in total. The smallest absolute Gasteiger partial charge is 0.407 e. The molecule has 0 saturated carbocycles. The summed E-state index contributed by atoms with van der Waals surface area (Å²) < 4.78 is 5.14. The summed E-state index contributed by atoms with van der Waals surface area (Å²) in [6.07, 6.45) is 3.86. The zero-order chi connectivity index (χ0) is 13.7. The van der Waals surface area contributed by atoms with E-state index >= 15 is 0 Å². The van der Waals surface area contributed by atoms with Gasteiger partial charge in [-0.3, -0.25) is 0 Å². The summed E-state index contributed by atoms with van der Waals surface area (Å²) in [6.45, 7) is 0.248. The lowest BCUT2D eigenvalue weighted by molar-refractivity contribution is 0.135. The number of benzene rings is 1. The molecular formula is C14H19N3O2. The molecule has 0 fully saturated rings. The first kappa shape index (κ1) is 13.6. The van der Waals surface area contributed by atoms with E-state index in [-0.39, 0.29) is 24.7 Å². The van der Waals surface area contributed by atoms with E-state index in [1.54, 1.807) is 0 Å². The molecule has 0 radical (unpaired) electrons. The third kappa shape index (κ3) is 4.08. The number of hydrogen-bond acceptors (Lipinski definition) is 4. The van der Waals surface area contributed by atoms with Crippen LogP contribution in [0.25, 0.3) is 0 Å². The molecular weight excluding hydrogens is 242 g/mol. The van der Waals surface area contributed by atoms with E-state index in [9.17, 15) is 4.79 Å². The Morgan fingerprint density at radius 3 is 2.68 bits per heavy atom. The number of nitrogens with one attached hydrogen (secondary N) is 1. The lowest BCUT2D eigenvalue weighted by atomic mass is 9.94. The summed E-state index contributed by atoms with van der Waals surface area (Å²) in [5.74, 6) is 0. The van der Waals surface area contributed by atoms with Gasteiger partial charge in [-0.2, -0.15) is 0 Å². The normalized spacial score (nSPS) is 25.9. The Morgan fingerprint density at radius 2 is 2.00 bits per heavy atom. The summed E-state index contributed by atoms with van der Waals surface area (Å²) >= 11 is 0. The lowest BCUT2D eigenvalue weighted by Gasteiger charge is -2.27. The maximum atomic E-state index is 11.7. The lowest BCUT2D eigenvalue weighted by Crippen LogP contribution is -2.51. The largest absolute Gasteiger partial charge is 0.445 e. The zero-order valence-electron chi connectivity index (χ0n) is 10.7. The van der Waals surface area contributed by atoms with Gasteiger partial charge < -0.3 is 21.5 Å². The Balaban J connectivity index is 1.80. The molecule has 0 saturated heterocycles. The maximum absolute atomic E-state index is 11.7. The number of amides is 1. The molecule has 1 aliphatic carbocycles. The average Bonchev–Trinajstić information content (AvgIpc) is 2.41. The standard InChI is InChI=1S/C14H19N3O2/c15-11-6-7-13(12(16)8-11)17-14(18)19-9-10-4-2-1-3-5-10/h1-7,11-13H,8-9,15-16H2,(H,17,18)/t11-,12-,13-/m1/s1. The molecule has 19 heavy (non-hydrogen) atoms. The Labute approximate surface area is 112 Å². The van der Waals surface area contributed by atoms with Crippen LogP contribution in [0.1, 0.15) is 12.0 Å². The molecule has 5 N–H and O–H groups in total. The fraction of sp³-hybridized carbons (Fsp3) is 0.357. The Morgan fingerprint density at radius 1 is 1.26 bits per heavy atom. The van der Waals surface area contributed by atoms with E-state index in [0.717, 1.165) is 5.56 Å². The highest BCUT2D eigenvalue weighted by Gasteiger charge is 2.23. The molecule has 0 bridgehead atoms. The van der Waals surface area contributed by atoms with Crippen molar-refractivity contribution in [2.24, 2.45) is 11.5 Å². The third-order valence-electron chi connectivity index (χ3n) is 3.07. The van der Waals surface area contributed by atoms with Gasteiger partial charge in [0, 0.05) is 12.1 Å². The van der Waals surface area contributed by atoms with Crippen molar-refractivity contribution in [1.82, 2.24) is 5.32 Å². The molecule has 0 unspecified atom stereocenters. The predicted octanol–water partition coefficient (Wildman–Crippen LogP) is 0.896. The Hall–Kier alpha value is -1.85. The van der Waals surface area contributed by atoms with Crippen molar-refractivity contribution < 1.29 is 9.53 Å². The molecule has 0 heterocycles. The second-order valence-corrected chi connectivity index (χ2v) is 4.68. The van der Waals surface area contributed by atoms with Crippen molar-refractivity contribution in [3.63, 3.8) is 0 Å². The third-order valence-corrected chi connectivity index (χ3v) is 3.07. The van der Waals surface area contributed by atoms with Gasteiger partial charge in [-0.15, -0.1) is 0 Å². The molecule has 0 spiro atoms. The summed E-state index contributed by atoms with van der Waals surface area (Å²) in [5.41, 5.74) is 12.6. The molecule has 3 atom stereocenters. The number of carbonyl (C=O) groups is 1. The van der Waals surface area contributed by atoms with E-state index in [1.807, 2.05) is 42.5 Å². The molecule has 5 heteroatoms. The summed E-state index contributed by atoms with van der Waals surface area (Å²) in [5, 5.41) is 2.73. The van der Waals surface area contributed by atoms with Gasteiger partial charge in [-0.05, 0) is 12.0 Å². The first-order valence-electron chi connectivity index (χ1n) is 6.32. The highest BCUT2D eigenvalue weighted by atomic mass is 16.5. The van der Waals surface area contributed by atoms with Crippen LogP contribution in [0.2, 0.25) is 0 Å². The molecule has 1 aliphatic rings. The summed E-state index contributed by atoms with van der Waals surface area (Å²) in [4.78, 5) is 11.7. The van der Waals surface area contributed by atoms with Gasteiger partial charge >= 0.3 is 6.09 Å². The van der Waals surface area contributed by atoms with Gasteiger partial charge in [-0.1, -0.05) is 42.5 Å². The minimum atomic E-state index is -0.468. The Bertz CT molecular complexity index is 447. The quantitative estimate of drug-likeness (QED) is 0.705. The monoisotopic (exact) mass is 261 g/mol. The molecule has 1 aromatic rings.